The summed E-state index contributed by atoms with van der Waals surface area (Å²) in [6, 6.07) is 34.7. The number of ether oxygens (including phenoxy) is 1. The molecule has 0 fully saturated rings. The Kier molecular flexibility index (Phi) is 7.57. The molecule has 7 nitrogen and oxygen atoms in total. The van der Waals surface area contributed by atoms with Crippen LogP contribution in [0.4, 0.5) is 5.69 Å². The molecule has 1 aromatic heterocycles. The SMILES string of the molecule is COc1ccc(C(=O)N=Nc2c(O)n(CN(Cc3ccccc3)Cc3ccccc3)c3ccccc23)cc1. The van der Waals surface area contributed by atoms with Crippen LogP contribution in [0.2, 0.25) is 0 Å². The van der Waals surface area contributed by atoms with Gasteiger partial charge in [-0.05, 0) is 41.5 Å². The summed E-state index contributed by atoms with van der Waals surface area (Å²) in [5.74, 6) is 0.108. The first kappa shape index (κ1) is 24.9. The third kappa shape index (κ3) is 5.63. The number of aromatic nitrogens is 1. The van der Waals surface area contributed by atoms with Crippen molar-refractivity contribution in [3.63, 3.8) is 0 Å². The fourth-order valence-corrected chi connectivity index (χ4v) is 4.44. The van der Waals surface area contributed by atoms with Gasteiger partial charge in [0.25, 0.3) is 5.91 Å². The zero-order valence-electron chi connectivity index (χ0n) is 21.1. The van der Waals surface area contributed by atoms with E-state index in [2.05, 4.69) is 39.4 Å². The maximum atomic E-state index is 12.7. The number of benzene rings is 4. The maximum Gasteiger partial charge on any atom is 0.295 e. The van der Waals surface area contributed by atoms with E-state index in [1.807, 2.05) is 65.2 Å². The van der Waals surface area contributed by atoms with Crippen LogP contribution in [0.15, 0.2) is 119 Å². The van der Waals surface area contributed by atoms with Crippen LogP contribution in [0.25, 0.3) is 10.9 Å². The summed E-state index contributed by atoms with van der Waals surface area (Å²) in [7, 11) is 1.57. The average Bonchev–Trinajstić information content (AvgIpc) is 3.23. The molecule has 0 bridgehead atoms. The van der Waals surface area contributed by atoms with Crippen molar-refractivity contribution in [2.24, 2.45) is 10.2 Å². The van der Waals surface area contributed by atoms with Crippen LogP contribution in [-0.4, -0.2) is 27.6 Å². The number of hydrogen-bond donors (Lipinski definition) is 1. The Morgan fingerprint density at radius 1 is 0.816 bits per heavy atom. The average molecular weight is 505 g/mol. The Labute approximate surface area is 221 Å². The minimum atomic E-state index is -0.501. The highest BCUT2D eigenvalue weighted by molar-refractivity contribution is 5.97. The van der Waals surface area contributed by atoms with Gasteiger partial charge in [0, 0.05) is 24.0 Å². The normalized spacial score (nSPS) is 11.4. The van der Waals surface area contributed by atoms with Gasteiger partial charge in [0.05, 0.1) is 19.3 Å². The summed E-state index contributed by atoms with van der Waals surface area (Å²) in [5.41, 5.74) is 3.80. The Balaban J connectivity index is 1.46. The molecule has 0 aliphatic carbocycles. The van der Waals surface area contributed by atoms with E-state index in [0.717, 1.165) is 10.9 Å². The summed E-state index contributed by atoms with van der Waals surface area (Å²) in [4.78, 5) is 14.9. The zero-order chi connectivity index (χ0) is 26.3. The summed E-state index contributed by atoms with van der Waals surface area (Å²) >= 11 is 0. The van der Waals surface area contributed by atoms with Crippen molar-refractivity contribution in [2.45, 2.75) is 19.8 Å². The van der Waals surface area contributed by atoms with Crippen LogP contribution in [0.5, 0.6) is 11.6 Å². The fraction of sp³-hybridized carbons (Fsp3) is 0.129. The molecule has 1 amide bonds. The third-order valence-corrected chi connectivity index (χ3v) is 6.33. The van der Waals surface area contributed by atoms with Gasteiger partial charge in [-0.1, -0.05) is 78.9 Å². The van der Waals surface area contributed by atoms with Crippen LogP contribution in [0.3, 0.4) is 0 Å². The maximum absolute atomic E-state index is 12.7. The first-order valence-electron chi connectivity index (χ1n) is 12.3. The topological polar surface area (TPSA) is 79.4 Å². The second kappa shape index (κ2) is 11.5. The smallest absolute Gasteiger partial charge is 0.295 e. The fourth-order valence-electron chi connectivity index (χ4n) is 4.44. The third-order valence-electron chi connectivity index (χ3n) is 6.33. The number of aromatic hydroxyl groups is 1. The predicted octanol–water partition coefficient (Wildman–Crippen LogP) is 6.94. The molecule has 0 radical (unpaired) electrons. The van der Waals surface area contributed by atoms with E-state index in [4.69, 9.17) is 4.74 Å². The Morgan fingerprint density at radius 2 is 1.39 bits per heavy atom. The monoisotopic (exact) mass is 504 g/mol. The number of hydrogen-bond acceptors (Lipinski definition) is 5. The van der Waals surface area contributed by atoms with Crippen molar-refractivity contribution in [3.8, 4) is 11.6 Å². The number of azo groups is 1. The zero-order valence-corrected chi connectivity index (χ0v) is 21.1. The summed E-state index contributed by atoms with van der Waals surface area (Å²) in [6.45, 7) is 1.79. The van der Waals surface area contributed by atoms with Gasteiger partial charge in [-0.3, -0.25) is 14.3 Å². The highest BCUT2D eigenvalue weighted by atomic mass is 16.5. The van der Waals surface area contributed by atoms with Crippen molar-refractivity contribution >= 4 is 22.5 Å². The number of rotatable bonds is 9. The second-order valence-electron chi connectivity index (χ2n) is 8.95. The van der Waals surface area contributed by atoms with Gasteiger partial charge in [0.2, 0.25) is 5.88 Å². The van der Waals surface area contributed by atoms with E-state index in [1.165, 1.54) is 11.1 Å². The van der Waals surface area contributed by atoms with Gasteiger partial charge >= 0.3 is 0 Å². The minimum absolute atomic E-state index is 0.0383. The van der Waals surface area contributed by atoms with Gasteiger partial charge in [-0.25, -0.2) is 0 Å². The molecule has 1 N–H and O–H groups in total. The lowest BCUT2D eigenvalue weighted by Crippen LogP contribution is -2.25. The van der Waals surface area contributed by atoms with Crippen LogP contribution in [0, 0.1) is 0 Å². The Hall–Kier alpha value is -4.75. The predicted molar refractivity (Wildman–Crippen MR) is 148 cm³/mol. The van der Waals surface area contributed by atoms with Crippen LogP contribution >= 0.6 is 0 Å². The van der Waals surface area contributed by atoms with Crippen molar-refractivity contribution in [2.75, 3.05) is 7.11 Å². The molecule has 1 heterocycles. The molecule has 5 aromatic rings. The number of methoxy groups -OCH3 is 1. The first-order chi connectivity index (χ1) is 18.6. The lowest BCUT2D eigenvalue weighted by atomic mass is 10.2. The minimum Gasteiger partial charge on any atom is -0.497 e. The second-order valence-corrected chi connectivity index (χ2v) is 8.95. The van der Waals surface area contributed by atoms with Crippen molar-refractivity contribution in [1.29, 1.82) is 0 Å². The number of carbonyl (C=O) groups excluding carboxylic acids is 1. The molecule has 0 saturated heterocycles. The van der Waals surface area contributed by atoms with Gasteiger partial charge in [0.1, 0.15) is 5.75 Å². The van der Waals surface area contributed by atoms with Crippen LogP contribution in [0.1, 0.15) is 21.5 Å². The van der Waals surface area contributed by atoms with Gasteiger partial charge in [0.15, 0.2) is 5.69 Å². The summed E-state index contributed by atoms with van der Waals surface area (Å²) < 4.78 is 6.96. The van der Waals surface area contributed by atoms with E-state index < -0.39 is 5.91 Å². The number of carbonyl (C=O) groups is 1. The molecule has 0 aliphatic heterocycles. The molecule has 0 atom stereocenters. The summed E-state index contributed by atoms with van der Waals surface area (Å²) in [6.07, 6.45) is 0. The molecule has 0 unspecified atom stereocenters. The Bertz CT molecular complexity index is 1500. The molecule has 190 valence electrons. The molecule has 4 aromatic carbocycles. The first-order valence-corrected chi connectivity index (χ1v) is 12.3. The number of fused-ring (bicyclic) bond motifs is 1. The van der Waals surface area contributed by atoms with E-state index in [0.29, 0.717) is 31.1 Å². The Morgan fingerprint density at radius 3 is 2.00 bits per heavy atom. The van der Waals surface area contributed by atoms with Gasteiger partial charge in [-0.2, -0.15) is 0 Å². The molecular formula is C31H28N4O3. The van der Waals surface area contributed by atoms with Gasteiger partial charge in [-0.15, -0.1) is 10.2 Å². The van der Waals surface area contributed by atoms with Crippen molar-refractivity contribution in [1.82, 2.24) is 9.47 Å². The van der Waals surface area contributed by atoms with Crippen molar-refractivity contribution < 1.29 is 14.6 Å². The van der Waals surface area contributed by atoms with E-state index in [-0.39, 0.29) is 11.6 Å². The summed E-state index contributed by atoms with van der Waals surface area (Å²) in [5, 5.41) is 20.1. The van der Waals surface area contributed by atoms with Crippen molar-refractivity contribution in [3.05, 3.63) is 126 Å². The van der Waals surface area contributed by atoms with E-state index >= 15 is 0 Å². The molecule has 0 spiro atoms. The lowest BCUT2D eigenvalue weighted by molar-refractivity contribution is 0.0995. The molecule has 5 rings (SSSR count). The number of para-hydroxylation sites is 1. The lowest BCUT2D eigenvalue weighted by Gasteiger charge is -2.24. The van der Waals surface area contributed by atoms with E-state index in [1.54, 1.807) is 31.4 Å². The molecule has 38 heavy (non-hydrogen) atoms. The van der Waals surface area contributed by atoms with Crippen LogP contribution < -0.4 is 4.74 Å². The highest BCUT2D eigenvalue weighted by Gasteiger charge is 2.19. The molecule has 0 aliphatic rings. The quantitative estimate of drug-likeness (QED) is 0.221. The molecular weight excluding hydrogens is 476 g/mol. The largest absolute Gasteiger partial charge is 0.497 e. The number of nitrogens with zero attached hydrogens (tertiary/aromatic N) is 4. The number of amides is 1. The molecule has 7 heteroatoms. The molecule has 0 saturated carbocycles. The van der Waals surface area contributed by atoms with E-state index in [9.17, 15) is 9.90 Å². The highest BCUT2D eigenvalue weighted by Crippen LogP contribution is 2.39. The van der Waals surface area contributed by atoms with Crippen LogP contribution in [-0.2, 0) is 19.8 Å². The standard InChI is InChI=1S/C31H28N4O3/c1-38-26-18-16-25(17-19-26)30(36)33-32-29-27-14-8-9-15-28(27)35(31(29)37)22-34(20-23-10-4-2-5-11-23)21-24-12-6-3-7-13-24/h2-19,37H,20-22H2,1H3. The van der Waals surface area contributed by atoms with Gasteiger partial charge < -0.3 is 9.84 Å².